The van der Waals surface area contributed by atoms with Crippen LogP contribution in [0.4, 0.5) is 4.39 Å². The van der Waals surface area contributed by atoms with Crippen molar-refractivity contribution >= 4 is 5.91 Å². The lowest BCUT2D eigenvalue weighted by atomic mass is 10.0. The minimum Gasteiger partial charge on any atom is -0.391 e. The molecular weight excluding hydrogens is 311 g/mol. The summed E-state index contributed by atoms with van der Waals surface area (Å²) in [5.74, 6) is -0.223. The van der Waals surface area contributed by atoms with Crippen LogP contribution >= 0.6 is 0 Å². The normalized spacial score (nSPS) is 18.4. The summed E-state index contributed by atoms with van der Waals surface area (Å²) in [7, 11) is 0. The van der Waals surface area contributed by atoms with Crippen molar-refractivity contribution in [3.8, 4) is 0 Å². The van der Waals surface area contributed by atoms with Crippen molar-refractivity contribution in [2.45, 2.75) is 32.4 Å². The minimum atomic E-state index is -0.577. The fraction of sp³-hybridized carbons (Fsp3) is 0.611. The van der Waals surface area contributed by atoms with Gasteiger partial charge in [-0.25, -0.2) is 4.39 Å². The van der Waals surface area contributed by atoms with Crippen LogP contribution in [0.15, 0.2) is 24.3 Å². The van der Waals surface area contributed by atoms with E-state index in [4.69, 9.17) is 4.74 Å². The molecule has 1 fully saturated rings. The molecule has 0 spiro atoms. The van der Waals surface area contributed by atoms with Crippen LogP contribution in [-0.2, 0) is 9.53 Å². The second-order valence-electron chi connectivity index (χ2n) is 6.63. The third-order valence-electron chi connectivity index (χ3n) is 4.08. The molecule has 6 heteroatoms. The van der Waals surface area contributed by atoms with Crippen molar-refractivity contribution in [2.75, 3.05) is 32.8 Å². The van der Waals surface area contributed by atoms with Gasteiger partial charge in [-0.3, -0.25) is 9.69 Å². The Bertz CT molecular complexity index is 533. The Morgan fingerprint density at radius 2 is 2.08 bits per heavy atom. The van der Waals surface area contributed by atoms with Crippen molar-refractivity contribution in [2.24, 2.45) is 5.92 Å². The van der Waals surface area contributed by atoms with Gasteiger partial charge in [0, 0.05) is 19.6 Å². The standard InChI is InChI=1S/C18H27FN2O3/c1-13(2)10-16(22)12-20-18(23)17(21-6-8-24-9-7-21)14-4-3-5-15(19)11-14/h3-5,11,13,16-17,22H,6-10,12H2,1-2H3,(H,20,23). The Balaban J connectivity index is 2.08. The van der Waals surface area contributed by atoms with Crippen LogP contribution in [0, 0.1) is 11.7 Å². The molecule has 1 saturated heterocycles. The van der Waals surface area contributed by atoms with Gasteiger partial charge in [-0.2, -0.15) is 0 Å². The highest BCUT2D eigenvalue weighted by Gasteiger charge is 2.29. The Kier molecular flexibility index (Phi) is 7.15. The highest BCUT2D eigenvalue weighted by atomic mass is 19.1. The summed E-state index contributed by atoms with van der Waals surface area (Å²) in [5.41, 5.74) is 0.618. The number of carbonyl (C=O) groups is 1. The van der Waals surface area contributed by atoms with Crippen LogP contribution in [0.5, 0.6) is 0 Å². The molecule has 0 aliphatic carbocycles. The average Bonchev–Trinajstić information content (AvgIpc) is 2.54. The van der Waals surface area contributed by atoms with Crippen LogP contribution < -0.4 is 5.32 Å². The summed E-state index contributed by atoms with van der Waals surface area (Å²) in [6.07, 6.45) is 0.0504. The van der Waals surface area contributed by atoms with Gasteiger partial charge in [0.15, 0.2) is 0 Å². The van der Waals surface area contributed by atoms with Crippen LogP contribution in [0.3, 0.4) is 0 Å². The molecule has 134 valence electrons. The van der Waals surface area contributed by atoms with Crippen LogP contribution in [-0.4, -0.2) is 54.9 Å². The molecule has 1 aliphatic rings. The molecule has 0 saturated carbocycles. The Hall–Kier alpha value is -1.50. The van der Waals surface area contributed by atoms with Gasteiger partial charge in [0.2, 0.25) is 5.91 Å². The number of hydrogen-bond donors (Lipinski definition) is 2. The topological polar surface area (TPSA) is 61.8 Å². The zero-order valence-electron chi connectivity index (χ0n) is 14.4. The maximum Gasteiger partial charge on any atom is 0.242 e. The Labute approximate surface area is 142 Å². The van der Waals surface area contributed by atoms with E-state index in [-0.39, 0.29) is 18.3 Å². The minimum absolute atomic E-state index is 0.202. The molecule has 0 bridgehead atoms. The summed E-state index contributed by atoms with van der Waals surface area (Å²) in [6, 6.07) is 5.55. The zero-order chi connectivity index (χ0) is 17.5. The number of nitrogens with zero attached hydrogens (tertiary/aromatic N) is 1. The highest BCUT2D eigenvalue weighted by Crippen LogP contribution is 2.23. The van der Waals surface area contributed by atoms with E-state index in [2.05, 4.69) is 5.32 Å². The third kappa shape index (κ3) is 5.54. The highest BCUT2D eigenvalue weighted by molar-refractivity contribution is 5.83. The van der Waals surface area contributed by atoms with E-state index in [0.717, 1.165) is 0 Å². The van der Waals surface area contributed by atoms with E-state index in [0.29, 0.717) is 44.2 Å². The van der Waals surface area contributed by atoms with Crippen LogP contribution in [0.1, 0.15) is 31.9 Å². The van der Waals surface area contributed by atoms with Crippen molar-refractivity contribution in [3.05, 3.63) is 35.6 Å². The predicted molar refractivity (Wildman–Crippen MR) is 90.0 cm³/mol. The van der Waals surface area contributed by atoms with E-state index < -0.39 is 12.1 Å². The summed E-state index contributed by atoms with van der Waals surface area (Å²) >= 11 is 0. The van der Waals surface area contributed by atoms with Gasteiger partial charge >= 0.3 is 0 Å². The molecule has 1 aromatic carbocycles. The van der Waals surface area contributed by atoms with E-state index in [1.54, 1.807) is 12.1 Å². The molecule has 0 radical (unpaired) electrons. The number of hydrogen-bond acceptors (Lipinski definition) is 4. The number of aliphatic hydroxyl groups is 1. The fourth-order valence-electron chi connectivity index (χ4n) is 2.98. The first-order chi connectivity index (χ1) is 11.5. The number of morpholine rings is 1. The number of aliphatic hydroxyl groups excluding tert-OH is 1. The van der Waals surface area contributed by atoms with Gasteiger partial charge in [0.25, 0.3) is 0 Å². The largest absolute Gasteiger partial charge is 0.391 e. The van der Waals surface area contributed by atoms with Crippen molar-refractivity contribution in [3.63, 3.8) is 0 Å². The summed E-state index contributed by atoms with van der Waals surface area (Å²) in [5, 5.41) is 12.8. The van der Waals surface area contributed by atoms with Gasteiger partial charge in [0.1, 0.15) is 11.9 Å². The lowest BCUT2D eigenvalue weighted by Crippen LogP contribution is -2.47. The molecule has 1 heterocycles. The third-order valence-corrected chi connectivity index (χ3v) is 4.08. The quantitative estimate of drug-likeness (QED) is 0.795. The lowest BCUT2D eigenvalue weighted by molar-refractivity contribution is -0.129. The van der Waals surface area contributed by atoms with Crippen LogP contribution in [0.25, 0.3) is 0 Å². The Morgan fingerprint density at radius 1 is 1.38 bits per heavy atom. The van der Waals surface area contributed by atoms with Gasteiger partial charge in [-0.15, -0.1) is 0 Å². The number of carbonyl (C=O) groups excluding carboxylic acids is 1. The lowest BCUT2D eigenvalue weighted by Gasteiger charge is -2.34. The fourth-order valence-corrected chi connectivity index (χ4v) is 2.98. The average molecular weight is 338 g/mol. The number of halogens is 1. The van der Waals surface area contributed by atoms with Crippen molar-refractivity contribution in [1.82, 2.24) is 10.2 Å². The van der Waals surface area contributed by atoms with Gasteiger partial charge in [-0.1, -0.05) is 26.0 Å². The zero-order valence-corrected chi connectivity index (χ0v) is 14.4. The monoisotopic (exact) mass is 338 g/mol. The molecule has 24 heavy (non-hydrogen) atoms. The summed E-state index contributed by atoms with van der Waals surface area (Å²) in [6.45, 7) is 6.58. The molecular formula is C18H27FN2O3. The predicted octanol–water partition coefficient (Wildman–Crippen LogP) is 1.72. The smallest absolute Gasteiger partial charge is 0.242 e. The number of ether oxygens (including phenoxy) is 1. The maximum absolute atomic E-state index is 13.6. The molecule has 2 N–H and O–H groups in total. The second-order valence-corrected chi connectivity index (χ2v) is 6.63. The second kappa shape index (κ2) is 9.11. The van der Waals surface area contributed by atoms with E-state index in [1.165, 1.54) is 12.1 Å². The molecule has 1 aromatic rings. The van der Waals surface area contributed by atoms with Gasteiger partial charge < -0.3 is 15.2 Å². The number of nitrogens with one attached hydrogen (secondary N) is 1. The molecule has 5 nitrogen and oxygen atoms in total. The molecule has 2 rings (SSSR count). The number of benzene rings is 1. The Morgan fingerprint density at radius 3 is 2.71 bits per heavy atom. The maximum atomic E-state index is 13.6. The molecule has 1 aliphatic heterocycles. The van der Waals surface area contributed by atoms with Gasteiger partial charge in [-0.05, 0) is 30.0 Å². The molecule has 2 unspecified atom stereocenters. The van der Waals surface area contributed by atoms with E-state index in [1.807, 2.05) is 18.7 Å². The first-order valence-corrected chi connectivity index (χ1v) is 8.50. The van der Waals surface area contributed by atoms with Crippen molar-refractivity contribution in [1.29, 1.82) is 0 Å². The van der Waals surface area contributed by atoms with E-state index in [9.17, 15) is 14.3 Å². The summed E-state index contributed by atoms with van der Waals surface area (Å²) < 4.78 is 18.9. The number of amides is 1. The summed E-state index contributed by atoms with van der Waals surface area (Å²) in [4.78, 5) is 14.7. The molecule has 0 aromatic heterocycles. The molecule has 1 amide bonds. The molecule has 2 atom stereocenters. The van der Waals surface area contributed by atoms with Gasteiger partial charge in [0.05, 0.1) is 19.3 Å². The number of rotatable bonds is 7. The first-order valence-electron chi connectivity index (χ1n) is 8.50. The van der Waals surface area contributed by atoms with Crippen LogP contribution in [0.2, 0.25) is 0 Å². The first kappa shape index (κ1) is 18.8. The van der Waals surface area contributed by atoms with E-state index >= 15 is 0 Å². The SMILES string of the molecule is CC(C)CC(O)CNC(=O)C(c1cccc(F)c1)N1CCOCC1. The van der Waals surface area contributed by atoms with Crippen molar-refractivity contribution < 1.29 is 19.0 Å².